The van der Waals surface area contributed by atoms with Crippen molar-refractivity contribution in [2.75, 3.05) is 26.4 Å². The zero-order chi connectivity index (χ0) is 13.7. The standard InChI is InChI=1S/C14H25N3O2/c1-4-18-10-11(2)15-9-12-6-8-19-14(12)13-5-7-16-17(13)3/h5,7,11-12,14-15H,4,6,8-10H2,1-3H3/t11?,12-,14+/m0/s1. The molecule has 5 heteroatoms. The largest absolute Gasteiger partial charge is 0.380 e. The highest BCUT2D eigenvalue weighted by atomic mass is 16.5. The van der Waals surface area contributed by atoms with Crippen LogP contribution in [0.15, 0.2) is 12.3 Å². The Bertz CT molecular complexity index is 381. The summed E-state index contributed by atoms with van der Waals surface area (Å²) in [5, 5.41) is 7.76. The third kappa shape index (κ3) is 3.78. The van der Waals surface area contributed by atoms with Crippen LogP contribution in [0.3, 0.4) is 0 Å². The van der Waals surface area contributed by atoms with Crippen LogP contribution in [0.25, 0.3) is 0 Å². The topological polar surface area (TPSA) is 48.3 Å². The molecule has 3 atom stereocenters. The van der Waals surface area contributed by atoms with E-state index in [2.05, 4.69) is 17.3 Å². The zero-order valence-electron chi connectivity index (χ0n) is 12.1. The second kappa shape index (κ2) is 7.03. The Morgan fingerprint density at radius 3 is 3.16 bits per heavy atom. The average molecular weight is 267 g/mol. The van der Waals surface area contributed by atoms with Gasteiger partial charge in [-0.05, 0) is 26.3 Å². The number of aromatic nitrogens is 2. The van der Waals surface area contributed by atoms with E-state index >= 15 is 0 Å². The molecule has 1 aliphatic rings. The summed E-state index contributed by atoms with van der Waals surface area (Å²) in [6.45, 7) is 7.52. The molecular weight excluding hydrogens is 242 g/mol. The lowest BCUT2D eigenvalue weighted by atomic mass is 9.98. The summed E-state index contributed by atoms with van der Waals surface area (Å²) < 4.78 is 13.2. The lowest BCUT2D eigenvalue weighted by Gasteiger charge is -2.21. The number of nitrogens with one attached hydrogen (secondary N) is 1. The van der Waals surface area contributed by atoms with Crippen molar-refractivity contribution in [1.29, 1.82) is 0 Å². The van der Waals surface area contributed by atoms with Crippen molar-refractivity contribution in [3.63, 3.8) is 0 Å². The molecule has 1 fully saturated rings. The molecule has 2 heterocycles. The van der Waals surface area contributed by atoms with E-state index in [0.717, 1.165) is 32.8 Å². The highest BCUT2D eigenvalue weighted by Crippen LogP contribution is 2.33. The van der Waals surface area contributed by atoms with Gasteiger partial charge in [0.15, 0.2) is 0 Å². The second-order valence-electron chi connectivity index (χ2n) is 5.19. The minimum atomic E-state index is 0.166. The Morgan fingerprint density at radius 1 is 1.63 bits per heavy atom. The number of ether oxygens (including phenoxy) is 2. The van der Waals surface area contributed by atoms with E-state index in [1.54, 1.807) is 0 Å². The van der Waals surface area contributed by atoms with E-state index < -0.39 is 0 Å². The van der Waals surface area contributed by atoms with Crippen LogP contribution in [-0.4, -0.2) is 42.2 Å². The molecule has 0 amide bonds. The number of aryl methyl sites for hydroxylation is 1. The van der Waals surface area contributed by atoms with E-state index in [0.29, 0.717) is 12.0 Å². The zero-order valence-corrected chi connectivity index (χ0v) is 12.1. The molecule has 1 saturated heterocycles. The van der Waals surface area contributed by atoms with Crippen LogP contribution < -0.4 is 5.32 Å². The quantitative estimate of drug-likeness (QED) is 0.813. The van der Waals surface area contributed by atoms with Gasteiger partial charge in [0.05, 0.1) is 12.3 Å². The first kappa shape index (κ1) is 14.5. The summed E-state index contributed by atoms with van der Waals surface area (Å²) in [5.74, 6) is 0.513. The predicted molar refractivity (Wildman–Crippen MR) is 74.0 cm³/mol. The van der Waals surface area contributed by atoms with Gasteiger partial charge in [-0.3, -0.25) is 4.68 Å². The molecule has 108 valence electrons. The van der Waals surface area contributed by atoms with Gasteiger partial charge >= 0.3 is 0 Å². The Hall–Kier alpha value is -0.910. The van der Waals surface area contributed by atoms with Gasteiger partial charge in [-0.1, -0.05) is 0 Å². The number of rotatable bonds is 7. The molecule has 1 unspecified atom stereocenters. The Kier molecular flexibility index (Phi) is 5.36. The van der Waals surface area contributed by atoms with Crippen molar-refractivity contribution >= 4 is 0 Å². The van der Waals surface area contributed by atoms with Gasteiger partial charge in [-0.2, -0.15) is 5.10 Å². The van der Waals surface area contributed by atoms with E-state index in [-0.39, 0.29) is 6.10 Å². The minimum absolute atomic E-state index is 0.166. The normalized spacial score (nSPS) is 24.8. The SMILES string of the molecule is CCOCC(C)NC[C@@H]1CCO[C@H]1c1ccnn1C. The summed E-state index contributed by atoms with van der Waals surface area (Å²) in [5.41, 5.74) is 1.17. The van der Waals surface area contributed by atoms with Crippen molar-refractivity contribution in [2.24, 2.45) is 13.0 Å². The van der Waals surface area contributed by atoms with Gasteiger partial charge in [0.2, 0.25) is 0 Å². The maximum absolute atomic E-state index is 5.87. The van der Waals surface area contributed by atoms with Crippen LogP contribution in [0.5, 0.6) is 0 Å². The van der Waals surface area contributed by atoms with Crippen LogP contribution in [-0.2, 0) is 16.5 Å². The van der Waals surface area contributed by atoms with E-state index in [1.165, 1.54) is 5.69 Å². The predicted octanol–water partition coefficient (Wildman–Crippen LogP) is 1.51. The third-order valence-corrected chi connectivity index (χ3v) is 3.67. The van der Waals surface area contributed by atoms with Crippen LogP contribution in [0.1, 0.15) is 32.1 Å². The molecule has 19 heavy (non-hydrogen) atoms. The second-order valence-corrected chi connectivity index (χ2v) is 5.19. The molecule has 0 bridgehead atoms. The maximum atomic E-state index is 5.87. The molecule has 1 aromatic rings. The van der Waals surface area contributed by atoms with Crippen LogP contribution in [0.2, 0.25) is 0 Å². The lowest BCUT2D eigenvalue weighted by molar-refractivity contribution is 0.0804. The molecule has 1 aliphatic heterocycles. The Labute approximate surface area is 115 Å². The number of nitrogens with zero attached hydrogens (tertiary/aromatic N) is 2. The molecule has 1 N–H and O–H groups in total. The summed E-state index contributed by atoms with van der Waals surface area (Å²) in [4.78, 5) is 0. The monoisotopic (exact) mass is 267 g/mol. The first-order chi connectivity index (χ1) is 9.22. The van der Waals surface area contributed by atoms with Crippen molar-refractivity contribution in [1.82, 2.24) is 15.1 Å². The van der Waals surface area contributed by atoms with Crippen molar-refractivity contribution < 1.29 is 9.47 Å². The van der Waals surface area contributed by atoms with E-state index in [4.69, 9.17) is 9.47 Å². The Balaban J connectivity index is 1.84. The molecule has 0 saturated carbocycles. The summed E-state index contributed by atoms with van der Waals surface area (Å²) in [7, 11) is 1.97. The summed E-state index contributed by atoms with van der Waals surface area (Å²) in [6.07, 6.45) is 3.10. The van der Waals surface area contributed by atoms with E-state index in [1.807, 2.05) is 30.9 Å². The van der Waals surface area contributed by atoms with Crippen LogP contribution in [0.4, 0.5) is 0 Å². The average Bonchev–Trinajstić information content (AvgIpc) is 3.01. The van der Waals surface area contributed by atoms with Crippen LogP contribution >= 0.6 is 0 Å². The van der Waals surface area contributed by atoms with Crippen LogP contribution in [0, 0.1) is 5.92 Å². The number of hydrogen-bond acceptors (Lipinski definition) is 4. The smallest absolute Gasteiger partial charge is 0.103 e. The molecule has 5 nitrogen and oxygen atoms in total. The summed E-state index contributed by atoms with van der Waals surface area (Å²) >= 11 is 0. The molecule has 1 aromatic heterocycles. The molecule has 0 aliphatic carbocycles. The van der Waals surface area contributed by atoms with E-state index in [9.17, 15) is 0 Å². The Morgan fingerprint density at radius 2 is 2.47 bits per heavy atom. The summed E-state index contributed by atoms with van der Waals surface area (Å²) in [6, 6.07) is 2.43. The van der Waals surface area contributed by atoms with Crippen molar-refractivity contribution in [2.45, 2.75) is 32.4 Å². The molecule has 0 radical (unpaired) electrons. The molecule has 0 spiro atoms. The lowest BCUT2D eigenvalue weighted by Crippen LogP contribution is -2.35. The maximum Gasteiger partial charge on any atom is 0.103 e. The fourth-order valence-electron chi connectivity index (χ4n) is 2.54. The third-order valence-electron chi connectivity index (χ3n) is 3.67. The molecule has 0 aromatic carbocycles. The molecule has 2 rings (SSSR count). The minimum Gasteiger partial charge on any atom is -0.380 e. The van der Waals surface area contributed by atoms with Gasteiger partial charge in [-0.25, -0.2) is 0 Å². The molecular formula is C14H25N3O2. The van der Waals surface area contributed by atoms with Gasteiger partial charge < -0.3 is 14.8 Å². The highest BCUT2D eigenvalue weighted by molar-refractivity contribution is 5.07. The number of hydrogen-bond donors (Lipinski definition) is 1. The van der Waals surface area contributed by atoms with Crippen molar-refractivity contribution in [3.8, 4) is 0 Å². The fourth-order valence-corrected chi connectivity index (χ4v) is 2.54. The van der Waals surface area contributed by atoms with Crippen molar-refractivity contribution in [3.05, 3.63) is 18.0 Å². The highest BCUT2D eigenvalue weighted by Gasteiger charge is 2.31. The van der Waals surface area contributed by atoms with Gasteiger partial charge in [-0.15, -0.1) is 0 Å². The first-order valence-electron chi connectivity index (χ1n) is 7.13. The first-order valence-corrected chi connectivity index (χ1v) is 7.13. The fraction of sp³-hybridized carbons (Fsp3) is 0.786. The van der Waals surface area contributed by atoms with Gasteiger partial charge in [0.1, 0.15) is 6.10 Å². The van der Waals surface area contributed by atoms with Gasteiger partial charge in [0, 0.05) is 45.0 Å². The van der Waals surface area contributed by atoms with Gasteiger partial charge in [0.25, 0.3) is 0 Å².